The molecule has 2 rings (SSSR count). The summed E-state index contributed by atoms with van der Waals surface area (Å²) < 4.78 is 7.01. The number of anilines is 1. The van der Waals surface area contributed by atoms with Crippen LogP contribution in [0.4, 0.5) is 10.5 Å². The Balaban J connectivity index is 1.76. The Labute approximate surface area is 136 Å². The first-order valence-corrected chi connectivity index (χ1v) is 7.75. The fourth-order valence-corrected chi connectivity index (χ4v) is 2.05. The number of para-hydroxylation sites is 2. The number of alkyl carbamates (subject to hydrolysis) is 1. The summed E-state index contributed by atoms with van der Waals surface area (Å²) in [4.78, 5) is 11.5. The van der Waals surface area contributed by atoms with Gasteiger partial charge in [0.1, 0.15) is 5.60 Å². The van der Waals surface area contributed by atoms with Crippen LogP contribution in [0.3, 0.4) is 0 Å². The Kier molecular flexibility index (Phi) is 5.62. The molecule has 1 amide bonds. The summed E-state index contributed by atoms with van der Waals surface area (Å²) in [7, 11) is 0. The molecule has 6 heteroatoms. The van der Waals surface area contributed by atoms with Gasteiger partial charge in [0.05, 0.1) is 11.4 Å². The van der Waals surface area contributed by atoms with E-state index in [1.54, 1.807) is 6.20 Å². The summed E-state index contributed by atoms with van der Waals surface area (Å²) in [6.45, 7) is 6.85. The van der Waals surface area contributed by atoms with E-state index in [1.807, 2.05) is 62.0 Å². The maximum Gasteiger partial charge on any atom is 0.407 e. The van der Waals surface area contributed by atoms with Gasteiger partial charge in [-0.05, 0) is 45.4 Å². The normalized spacial score (nSPS) is 11.1. The van der Waals surface area contributed by atoms with Gasteiger partial charge in [0, 0.05) is 25.5 Å². The Hall–Kier alpha value is -2.50. The van der Waals surface area contributed by atoms with Crippen LogP contribution in [0, 0.1) is 0 Å². The van der Waals surface area contributed by atoms with Crippen LogP contribution in [0.5, 0.6) is 0 Å². The molecule has 0 bridgehead atoms. The van der Waals surface area contributed by atoms with Crippen molar-refractivity contribution in [2.45, 2.75) is 32.8 Å². The van der Waals surface area contributed by atoms with Crippen molar-refractivity contribution in [2.24, 2.45) is 0 Å². The van der Waals surface area contributed by atoms with E-state index in [0.29, 0.717) is 6.54 Å². The first-order valence-electron chi connectivity index (χ1n) is 7.75. The van der Waals surface area contributed by atoms with Crippen molar-refractivity contribution in [3.05, 3.63) is 42.7 Å². The van der Waals surface area contributed by atoms with E-state index in [0.717, 1.165) is 24.3 Å². The molecule has 0 aliphatic carbocycles. The lowest BCUT2D eigenvalue weighted by Gasteiger charge is -2.19. The van der Waals surface area contributed by atoms with Crippen molar-refractivity contribution < 1.29 is 9.53 Å². The molecule has 124 valence electrons. The summed E-state index contributed by atoms with van der Waals surface area (Å²) in [5.41, 5.74) is 1.54. The van der Waals surface area contributed by atoms with Crippen LogP contribution in [0.25, 0.3) is 5.69 Å². The summed E-state index contributed by atoms with van der Waals surface area (Å²) in [6.07, 6.45) is 4.08. The molecule has 1 heterocycles. The number of benzene rings is 1. The Bertz CT molecular complexity index is 618. The zero-order valence-corrected chi connectivity index (χ0v) is 13.9. The zero-order valence-electron chi connectivity index (χ0n) is 13.9. The Morgan fingerprint density at radius 3 is 2.70 bits per heavy atom. The first kappa shape index (κ1) is 16.9. The van der Waals surface area contributed by atoms with Gasteiger partial charge in [-0.3, -0.25) is 0 Å². The topological polar surface area (TPSA) is 68.2 Å². The zero-order chi connectivity index (χ0) is 16.7. The molecule has 0 radical (unpaired) electrons. The van der Waals surface area contributed by atoms with Crippen LogP contribution in [0.1, 0.15) is 27.2 Å². The average Bonchev–Trinajstić information content (AvgIpc) is 2.99. The molecule has 0 fully saturated rings. The van der Waals surface area contributed by atoms with Crippen molar-refractivity contribution >= 4 is 11.8 Å². The van der Waals surface area contributed by atoms with Gasteiger partial charge in [0.2, 0.25) is 0 Å². The minimum atomic E-state index is -0.467. The van der Waals surface area contributed by atoms with Crippen molar-refractivity contribution in [3.63, 3.8) is 0 Å². The summed E-state index contributed by atoms with van der Waals surface area (Å²) in [5.74, 6) is 0. The maximum absolute atomic E-state index is 11.5. The number of hydrogen-bond acceptors (Lipinski definition) is 4. The molecule has 1 aromatic carbocycles. The number of nitrogens with zero attached hydrogens (tertiary/aromatic N) is 2. The predicted molar refractivity (Wildman–Crippen MR) is 90.9 cm³/mol. The highest BCUT2D eigenvalue weighted by Gasteiger charge is 2.15. The molecule has 0 saturated carbocycles. The molecule has 2 aromatic rings. The van der Waals surface area contributed by atoms with Gasteiger partial charge < -0.3 is 15.4 Å². The minimum absolute atomic E-state index is 0.380. The van der Waals surface area contributed by atoms with Crippen LogP contribution in [0.15, 0.2) is 42.7 Å². The van der Waals surface area contributed by atoms with E-state index >= 15 is 0 Å². The van der Waals surface area contributed by atoms with Crippen molar-refractivity contribution in [3.8, 4) is 5.69 Å². The van der Waals surface area contributed by atoms with Gasteiger partial charge >= 0.3 is 6.09 Å². The highest BCUT2D eigenvalue weighted by atomic mass is 16.6. The van der Waals surface area contributed by atoms with Crippen LogP contribution >= 0.6 is 0 Å². The van der Waals surface area contributed by atoms with Gasteiger partial charge in [-0.25, -0.2) is 9.48 Å². The second-order valence-electron chi connectivity index (χ2n) is 6.18. The third kappa shape index (κ3) is 5.65. The standard InChI is InChI=1S/C17H24N4O2/c1-17(2,3)23-16(22)19-11-6-10-18-14-8-4-5-9-15(14)21-13-7-12-20-21/h4-5,7-9,12-13,18H,6,10-11H2,1-3H3,(H,19,22). The van der Waals surface area contributed by atoms with E-state index in [4.69, 9.17) is 4.74 Å². The SMILES string of the molecule is CC(C)(C)OC(=O)NCCCNc1ccccc1-n1cccn1. The van der Waals surface area contributed by atoms with Gasteiger partial charge in [0.25, 0.3) is 0 Å². The number of hydrogen-bond donors (Lipinski definition) is 2. The van der Waals surface area contributed by atoms with Gasteiger partial charge in [0.15, 0.2) is 0 Å². The van der Waals surface area contributed by atoms with Gasteiger partial charge in [-0.2, -0.15) is 5.10 Å². The van der Waals surface area contributed by atoms with E-state index < -0.39 is 5.60 Å². The molecule has 0 saturated heterocycles. The summed E-state index contributed by atoms with van der Waals surface area (Å²) in [5, 5.41) is 10.4. The third-order valence-corrected chi connectivity index (χ3v) is 2.99. The molecular weight excluding hydrogens is 292 g/mol. The molecule has 2 N–H and O–H groups in total. The fourth-order valence-electron chi connectivity index (χ4n) is 2.05. The quantitative estimate of drug-likeness (QED) is 0.803. The fraction of sp³-hybridized carbons (Fsp3) is 0.412. The second kappa shape index (κ2) is 7.67. The lowest BCUT2D eigenvalue weighted by atomic mass is 10.2. The number of nitrogens with one attached hydrogen (secondary N) is 2. The number of amides is 1. The summed E-state index contributed by atoms with van der Waals surface area (Å²) in [6, 6.07) is 9.87. The van der Waals surface area contributed by atoms with Crippen LogP contribution in [-0.2, 0) is 4.74 Å². The minimum Gasteiger partial charge on any atom is -0.444 e. The van der Waals surface area contributed by atoms with E-state index in [9.17, 15) is 4.79 Å². The molecule has 23 heavy (non-hydrogen) atoms. The molecule has 0 aliphatic rings. The highest BCUT2D eigenvalue weighted by molar-refractivity contribution is 5.67. The molecule has 0 unspecified atom stereocenters. The largest absolute Gasteiger partial charge is 0.444 e. The number of carbonyl (C=O) groups is 1. The lowest BCUT2D eigenvalue weighted by Crippen LogP contribution is -2.33. The number of rotatable bonds is 6. The number of ether oxygens (including phenoxy) is 1. The van der Waals surface area contributed by atoms with E-state index in [-0.39, 0.29) is 6.09 Å². The molecule has 0 atom stereocenters. The molecule has 0 aliphatic heterocycles. The number of carbonyl (C=O) groups excluding carboxylic acids is 1. The molecule has 6 nitrogen and oxygen atoms in total. The Morgan fingerprint density at radius 2 is 2.00 bits per heavy atom. The first-order chi connectivity index (χ1) is 11.0. The van der Waals surface area contributed by atoms with Gasteiger partial charge in [-0.15, -0.1) is 0 Å². The predicted octanol–water partition coefficient (Wildman–Crippen LogP) is 3.20. The van der Waals surface area contributed by atoms with Crippen molar-refractivity contribution in [1.29, 1.82) is 0 Å². The maximum atomic E-state index is 11.5. The molecule has 0 spiro atoms. The monoisotopic (exact) mass is 316 g/mol. The summed E-state index contributed by atoms with van der Waals surface area (Å²) >= 11 is 0. The van der Waals surface area contributed by atoms with Gasteiger partial charge in [-0.1, -0.05) is 12.1 Å². The second-order valence-corrected chi connectivity index (χ2v) is 6.18. The molecule has 1 aromatic heterocycles. The average molecular weight is 316 g/mol. The van der Waals surface area contributed by atoms with E-state index in [1.165, 1.54) is 0 Å². The third-order valence-electron chi connectivity index (χ3n) is 2.99. The smallest absolute Gasteiger partial charge is 0.407 e. The number of aromatic nitrogens is 2. The van der Waals surface area contributed by atoms with Crippen molar-refractivity contribution in [1.82, 2.24) is 15.1 Å². The van der Waals surface area contributed by atoms with Crippen molar-refractivity contribution in [2.75, 3.05) is 18.4 Å². The molecular formula is C17H24N4O2. The van der Waals surface area contributed by atoms with Crippen LogP contribution in [0.2, 0.25) is 0 Å². The highest BCUT2D eigenvalue weighted by Crippen LogP contribution is 2.18. The van der Waals surface area contributed by atoms with E-state index in [2.05, 4.69) is 15.7 Å². The lowest BCUT2D eigenvalue weighted by molar-refractivity contribution is 0.0528. The van der Waals surface area contributed by atoms with Crippen LogP contribution in [-0.4, -0.2) is 34.6 Å². The Morgan fingerprint density at radius 1 is 1.22 bits per heavy atom. The van der Waals surface area contributed by atoms with Crippen LogP contribution < -0.4 is 10.6 Å².